The van der Waals surface area contributed by atoms with Gasteiger partial charge in [0.1, 0.15) is 16.6 Å². The molecule has 2 aromatic carbocycles. The van der Waals surface area contributed by atoms with Crippen LogP contribution in [-0.2, 0) is 6.54 Å². The van der Waals surface area contributed by atoms with E-state index in [4.69, 9.17) is 0 Å². The first kappa shape index (κ1) is 19.7. The number of aryl methyl sites for hydroxylation is 1. The predicted octanol–water partition coefficient (Wildman–Crippen LogP) is 5.39. The minimum atomic E-state index is -1.03. The molecule has 0 spiro atoms. The molecule has 30 heavy (non-hydrogen) atoms. The number of thiazole rings is 1. The third-order valence-electron chi connectivity index (χ3n) is 4.74. The second-order valence-corrected chi connectivity index (χ2v) is 7.62. The molecule has 0 bridgehead atoms. The Morgan fingerprint density at radius 3 is 2.60 bits per heavy atom. The number of allylic oxidation sites excluding steroid dienone is 1. The van der Waals surface area contributed by atoms with Crippen molar-refractivity contribution in [3.8, 4) is 11.1 Å². The fourth-order valence-electron chi connectivity index (χ4n) is 3.22. The molecule has 0 aliphatic rings. The Kier molecular flexibility index (Phi) is 5.54. The maximum Gasteiger partial charge on any atom is 0.336 e. The summed E-state index contributed by atoms with van der Waals surface area (Å²) in [7, 11) is 0. The van der Waals surface area contributed by atoms with Crippen LogP contribution in [0.2, 0.25) is 0 Å². The number of rotatable bonds is 6. The lowest BCUT2D eigenvalue weighted by atomic mass is 9.96. The molecule has 7 heteroatoms. The van der Waals surface area contributed by atoms with E-state index in [-0.39, 0.29) is 11.4 Å². The van der Waals surface area contributed by atoms with Crippen LogP contribution in [0.15, 0.2) is 66.4 Å². The highest BCUT2D eigenvalue weighted by Gasteiger charge is 2.14. The lowest BCUT2D eigenvalue weighted by molar-refractivity contribution is 0.0697. The van der Waals surface area contributed by atoms with Gasteiger partial charge in [-0.1, -0.05) is 18.2 Å². The Bertz CT molecular complexity index is 1210. The highest BCUT2D eigenvalue weighted by molar-refractivity contribution is 7.10. The van der Waals surface area contributed by atoms with E-state index >= 15 is 0 Å². The average Bonchev–Trinajstić information content (AvgIpc) is 3.40. The summed E-state index contributed by atoms with van der Waals surface area (Å²) in [6.45, 7) is 2.53. The van der Waals surface area contributed by atoms with E-state index in [1.54, 1.807) is 36.7 Å². The highest BCUT2D eigenvalue weighted by Crippen LogP contribution is 2.29. The second-order valence-electron chi connectivity index (χ2n) is 6.73. The Hall–Kier alpha value is -3.58. The minimum absolute atomic E-state index is 0.167. The molecule has 2 heterocycles. The number of aromatic nitrogens is 3. The number of hydrogen-bond acceptors (Lipinski definition) is 4. The van der Waals surface area contributed by atoms with Crippen LogP contribution in [0.3, 0.4) is 0 Å². The van der Waals surface area contributed by atoms with Crippen molar-refractivity contribution >= 4 is 29.0 Å². The van der Waals surface area contributed by atoms with E-state index in [1.165, 1.54) is 23.5 Å². The standard InChI is InChI=1S/C23H18FN3O2S/c1-15-25-8-10-27(15)14-18(22-26-9-11-30-22)12-16-2-7-20(23(28)29)21(13-16)17-3-5-19(24)6-4-17/h2-13H,14H2,1H3,(H,28,29)/b18-12+. The number of aromatic carboxylic acids is 1. The Morgan fingerprint density at radius 1 is 1.17 bits per heavy atom. The molecule has 4 rings (SSSR count). The number of hydrogen-bond donors (Lipinski definition) is 1. The van der Waals surface area contributed by atoms with Crippen LogP contribution in [0, 0.1) is 12.7 Å². The summed E-state index contributed by atoms with van der Waals surface area (Å²) < 4.78 is 15.4. The van der Waals surface area contributed by atoms with Crippen molar-refractivity contribution in [2.75, 3.05) is 0 Å². The van der Waals surface area contributed by atoms with Crippen molar-refractivity contribution in [3.05, 3.63) is 94.2 Å². The van der Waals surface area contributed by atoms with Crippen molar-refractivity contribution in [2.24, 2.45) is 0 Å². The molecule has 5 nitrogen and oxygen atoms in total. The Balaban J connectivity index is 1.80. The molecule has 1 N–H and O–H groups in total. The van der Waals surface area contributed by atoms with Gasteiger partial charge in [-0.2, -0.15) is 0 Å². The number of imidazole rings is 1. The molecule has 0 aliphatic carbocycles. The summed E-state index contributed by atoms with van der Waals surface area (Å²) >= 11 is 1.54. The largest absolute Gasteiger partial charge is 0.478 e. The van der Waals surface area contributed by atoms with Gasteiger partial charge in [0, 0.05) is 29.5 Å². The average molecular weight is 419 g/mol. The van der Waals surface area contributed by atoms with Gasteiger partial charge in [-0.25, -0.2) is 19.2 Å². The number of carboxylic acids is 1. The highest BCUT2D eigenvalue weighted by atomic mass is 32.1. The van der Waals surface area contributed by atoms with Gasteiger partial charge in [0.2, 0.25) is 0 Å². The van der Waals surface area contributed by atoms with Crippen LogP contribution in [0.25, 0.3) is 22.8 Å². The van der Waals surface area contributed by atoms with Crippen LogP contribution in [-0.4, -0.2) is 25.6 Å². The zero-order valence-electron chi connectivity index (χ0n) is 16.1. The zero-order valence-corrected chi connectivity index (χ0v) is 16.9. The monoisotopic (exact) mass is 419 g/mol. The molecular weight excluding hydrogens is 401 g/mol. The summed E-state index contributed by atoms with van der Waals surface area (Å²) in [5.41, 5.74) is 3.17. The van der Waals surface area contributed by atoms with E-state index in [2.05, 4.69) is 9.97 Å². The minimum Gasteiger partial charge on any atom is -0.478 e. The molecule has 2 aromatic heterocycles. The second kappa shape index (κ2) is 8.42. The van der Waals surface area contributed by atoms with E-state index in [9.17, 15) is 14.3 Å². The van der Waals surface area contributed by atoms with Gasteiger partial charge >= 0.3 is 5.97 Å². The molecule has 0 fully saturated rings. The van der Waals surface area contributed by atoms with Crippen molar-refractivity contribution < 1.29 is 14.3 Å². The molecular formula is C23H18FN3O2S. The fourth-order valence-corrected chi connectivity index (χ4v) is 3.87. The maximum atomic E-state index is 13.3. The third kappa shape index (κ3) is 4.21. The molecule has 0 saturated heterocycles. The summed E-state index contributed by atoms with van der Waals surface area (Å²) in [6, 6.07) is 11.0. The lowest BCUT2D eigenvalue weighted by Crippen LogP contribution is -2.02. The van der Waals surface area contributed by atoms with Gasteiger partial charge in [-0.15, -0.1) is 11.3 Å². The van der Waals surface area contributed by atoms with Crippen molar-refractivity contribution in [2.45, 2.75) is 13.5 Å². The van der Waals surface area contributed by atoms with Crippen LogP contribution < -0.4 is 0 Å². The van der Waals surface area contributed by atoms with Gasteiger partial charge in [-0.05, 0) is 54.0 Å². The van der Waals surface area contributed by atoms with Gasteiger partial charge in [-0.3, -0.25) is 0 Å². The van der Waals surface area contributed by atoms with Crippen molar-refractivity contribution in [3.63, 3.8) is 0 Å². The molecule has 0 radical (unpaired) electrons. The summed E-state index contributed by atoms with van der Waals surface area (Å²) in [6.07, 6.45) is 7.42. The number of halogens is 1. The molecule has 0 unspecified atom stereocenters. The normalized spacial score (nSPS) is 11.6. The molecule has 0 aliphatic heterocycles. The van der Waals surface area contributed by atoms with E-state index in [0.29, 0.717) is 17.7 Å². The van der Waals surface area contributed by atoms with Crippen LogP contribution >= 0.6 is 11.3 Å². The lowest BCUT2D eigenvalue weighted by Gasteiger charge is -2.11. The SMILES string of the molecule is Cc1nccn1C/C(=C\c1ccc(C(=O)O)c(-c2ccc(F)cc2)c1)c1nccs1. The van der Waals surface area contributed by atoms with E-state index in [1.807, 2.05) is 35.2 Å². The predicted molar refractivity (Wildman–Crippen MR) is 116 cm³/mol. The van der Waals surface area contributed by atoms with Crippen LogP contribution in [0.4, 0.5) is 4.39 Å². The van der Waals surface area contributed by atoms with Gasteiger partial charge in [0.15, 0.2) is 0 Å². The third-order valence-corrected chi connectivity index (χ3v) is 5.59. The van der Waals surface area contributed by atoms with Crippen molar-refractivity contribution in [1.82, 2.24) is 14.5 Å². The molecule has 150 valence electrons. The fraction of sp³-hybridized carbons (Fsp3) is 0.0870. The van der Waals surface area contributed by atoms with Crippen molar-refractivity contribution in [1.29, 1.82) is 0 Å². The van der Waals surface area contributed by atoms with Gasteiger partial charge in [0.05, 0.1) is 12.1 Å². The first-order valence-electron chi connectivity index (χ1n) is 9.23. The number of carbonyl (C=O) groups is 1. The molecule has 0 atom stereocenters. The number of benzene rings is 2. The summed E-state index contributed by atoms with van der Waals surface area (Å²) in [5, 5.41) is 12.4. The van der Waals surface area contributed by atoms with Gasteiger partial charge < -0.3 is 9.67 Å². The quantitative estimate of drug-likeness (QED) is 0.455. The molecule has 0 saturated carbocycles. The Labute approximate surface area is 176 Å². The van der Waals surface area contributed by atoms with E-state index in [0.717, 1.165) is 22.0 Å². The maximum absolute atomic E-state index is 13.3. The topological polar surface area (TPSA) is 68.0 Å². The first-order chi connectivity index (χ1) is 14.5. The smallest absolute Gasteiger partial charge is 0.336 e. The first-order valence-corrected chi connectivity index (χ1v) is 10.1. The Morgan fingerprint density at radius 2 is 1.97 bits per heavy atom. The van der Waals surface area contributed by atoms with E-state index < -0.39 is 5.97 Å². The zero-order chi connectivity index (χ0) is 21.1. The van der Waals surface area contributed by atoms with Crippen LogP contribution in [0.1, 0.15) is 26.8 Å². The summed E-state index contributed by atoms with van der Waals surface area (Å²) in [5.74, 6) is -0.502. The number of nitrogens with zero attached hydrogens (tertiary/aromatic N) is 3. The molecule has 0 amide bonds. The van der Waals surface area contributed by atoms with Crippen LogP contribution in [0.5, 0.6) is 0 Å². The molecule has 4 aromatic rings. The summed E-state index contributed by atoms with van der Waals surface area (Å²) in [4.78, 5) is 20.4. The number of carboxylic acid groups (broad SMARTS) is 1. The van der Waals surface area contributed by atoms with Gasteiger partial charge in [0.25, 0.3) is 0 Å².